The summed E-state index contributed by atoms with van der Waals surface area (Å²) in [6.07, 6.45) is 0. The van der Waals surface area contributed by atoms with Gasteiger partial charge >= 0.3 is 6.03 Å². The number of halogens is 1. The lowest BCUT2D eigenvalue weighted by atomic mass is 10.1. The molecule has 0 spiro atoms. The van der Waals surface area contributed by atoms with Crippen LogP contribution in [0.25, 0.3) is 10.9 Å². The predicted octanol–water partition coefficient (Wildman–Crippen LogP) is 4.65. The van der Waals surface area contributed by atoms with E-state index >= 15 is 0 Å². The van der Waals surface area contributed by atoms with Crippen LogP contribution in [0.2, 0.25) is 5.02 Å². The molecule has 0 unspecified atom stereocenters. The van der Waals surface area contributed by atoms with Crippen LogP contribution < -0.4 is 10.6 Å². The Morgan fingerprint density at radius 1 is 0.839 bits per heavy atom. The minimum atomic E-state index is -0.905. The fraction of sp³-hybridized carbons (Fsp3) is 0. The smallest absolute Gasteiger partial charge is 0.335 e. The molecule has 0 saturated carbocycles. The Hall–Kier alpha value is -4.10. The summed E-state index contributed by atoms with van der Waals surface area (Å²) in [5.41, 5.74) is 0.873. The topological polar surface area (TPSA) is 100 Å². The van der Waals surface area contributed by atoms with E-state index in [2.05, 4.69) is 10.6 Å². The molecule has 7 nitrogen and oxygen atoms in total. The summed E-state index contributed by atoms with van der Waals surface area (Å²) in [7, 11) is 0. The zero-order chi connectivity index (χ0) is 22.0. The number of hydrogen-bond donors (Lipinski definition) is 3. The Labute approximate surface area is 181 Å². The second-order valence-electron chi connectivity index (χ2n) is 6.64. The molecule has 3 N–H and O–H groups in total. The van der Waals surface area contributed by atoms with Gasteiger partial charge in [0.2, 0.25) is 5.88 Å². The van der Waals surface area contributed by atoms with Crippen molar-refractivity contribution in [3.63, 3.8) is 0 Å². The molecular formula is C23H16ClN3O4. The number of nitrogens with one attached hydrogen (secondary N) is 2. The number of imide groups is 1. The van der Waals surface area contributed by atoms with Gasteiger partial charge in [-0.2, -0.15) is 0 Å². The summed E-state index contributed by atoms with van der Waals surface area (Å²) in [5.74, 6) is -1.88. The number of carbonyl (C=O) groups is 3. The molecule has 0 bridgehead atoms. The monoisotopic (exact) mass is 433 g/mol. The number of fused-ring (bicyclic) bond motifs is 1. The van der Waals surface area contributed by atoms with Crippen LogP contribution in [0, 0.1) is 0 Å². The lowest BCUT2D eigenvalue weighted by Crippen LogP contribution is -2.34. The lowest BCUT2D eigenvalue weighted by molar-refractivity contribution is 0.0963. The molecular weight excluding hydrogens is 418 g/mol. The summed E-state index contributed by atoms with van der Waals surface area (Å²) in [4.78, 5) is 38.1. The van der Waals surface area contributed by atoms with Crippen molar-refractivity contribution in [3.8, 4) is 5.88 Å². The van der Waals surface area contributed by atoms with Crippen LogP contribution in [0.15, 0.2) is 78.9 Å². The molecule has 1 aromatic heterocycles. The Kier molecular flexibility index (Phi) is 5.43. The quantitative estimate of drug-likeness (QED) is 0.437. The first kappa shape index (κ1) is 20.2. The molecule has 0 atom stereocenters. The van der Waals surface area contributed by atoms with Gasteiger partial charge in [0.15, 0.2) is 0 Å². The number of rotatable bonds is 3. The van der Waals surface area contributed by atoms with Crippen LogP contribution in [0.1, 0.15) is 20.7 Å². The van der Waals surface area contributed by atoms with Crippen LogP contribution >= 0.6 is 11.6 Å². The second kappa shape index (κ2) is 8.33. The van der Waals surface area contributed by atoms with Gasteiger partial charge < -0.3 is 10.4 Å². The molecule has 3 aromatic carbocycles. The van der Waals surface area contributed by atoms with Gasteiger partial charge in [0.05, 0.1) is 5.52 Å². The molecule has 4 aromatic rings. The number of carbonyl (C=O) groups excluding carboxylic acids is 3. The zero-order valence-electron chi connectivity index (χ0n) is 16.0. The fourth-order valence-electron chi connectivity index (χ4n) is 3.21. The molecule has 0 aliphatic heterocycles. The fourth-order valence-corrected chi connectivity index (χ4v) is 3.38. The average molecular weight is 434 g/mol. The van der Waals surface area contributed by atoms with Crippen LogP contribution in [0.4, 0.5) is 10.5 Å². The van der Waals surface area contributed by atoms with E-state index in [0.29, 0.717) is 10.7 Å². The third-order valence-electron chi connectivity index (χ3n) is 4.62. The minimum Gasteiger partial charge on any atom is -0.494 e. The van der Waals surface area contributed by atoms with E-state index in [4.69, 9.17) is 11.6 Å². The highest BCUT2D eigenvalue weighted by Crippen LogP contribution is 2.33. The number of hydrogen-bond acceptors (Lipinski definition) is 4. The van der Waals surface area contributed by atoms with Crippen molar-refractivity contribution in [3.05, 3.63) is 95.0 Å². The Morgan fingerprint density at radius 3 is 2.16 bits per heavy atom. The summed E-state index contributed by atoms with van der Waals surface area (Å²) in [5, 5.41) is 16.3. The van der Waals surface area contributed by atoms with Crippen molar-refractivity contribution in [1.82, 2.24) is 9.88 Å². The largest absolute Gasteiger partial charge is 0.494 e. The lowest BCUT2D eigenvalue weighted by Gasteiger charge is -2.08. The maximum absolute atomic E-state index is 12.9. The SMILES string of the molecule is O=C(NC(=O)n1c(O)c(C(=O)Nc2ccccc2)c2cc(Cl)ccc21)c1ccccc1. The van der Waals surface area contributed by atoms with Gasteiger partial charge in [0.25, 0.3) is 11.8 Å². The number of amides is 3. The van der Waals surface area contributed by atoms with E-state index in [1.807, 2.05) is 0 Å². The maximum atomic E-state index is 12.9. The van der Waals surface area contributed by atoms with E-state index in [1.165, 1.54) is 18.2 Å². The minimum absolute atomic E-state index is 0.135. The third kappa shape index (κ3) is 3.99. The molecule has 4 rings (SSSR count). The van der Waals surface area contributed by atoms with Gasteiger partial charge in [-0.3, -0.25) is 14.9 Å². The third-order valence-corrected chi connectivity index (χ3v) is 4.86. The molecule has 0 fully saturated rings. The molecule has 31 heavy (non-hydrogen) atoms. The van der Waals surface area contributed by atoms with Crippen molar-refractivity contribution in [2.24, 2.45) is 0 Å². The Balaban J connectivity index is 1.74. The van der Waals surface area contributed by atoms with Crippen LogP contribution in [0.3, 0.4) is 0 Å². The highest BCUT2D eigenvalue weighted by atomic mass is 35.5. The summed E-state index contributed by atoms with van der Waals surface area (Å²) in [6.45, 7) is 0. The molecule has 154 valence electrons. The Bertz CT molecular complexity index is 1300. The van der Waals surface area contributed by atoms with Crippen molar-refractivity contribution < 1.29 is 19.5 Å². The number of nitrogens with zero attached hydrogens (tertiary/aromatic N) is 1. The number of aromatic nitrogens is 1. The summed E-state index contributed by atoms with van der Waals surface area (Å²) >= 11 is 6.08. The first-order valence-corrected chi connectivity index (χ1v) is 9.63. The van der Waals surface area contributed by atoms with Gasteiger partial charge in [-0.15, -0.1) is 0 Å². The molecule has 0 aliphatic carbocycles. The van der Waals surface area contributed by atoms with E-state index in [9.17, 15) is 19.5 Å². The normalized spacial score (nSPS) is 10.6. The molecule has 1 heterocycles. The predicted molar refractivity (Wildman–Crippen MR) is 118 cm³/mol. The zero-order valence-corrected chi connectivity index (χ0v) is 16.8. The van der Waals surface area contributed by atoms with E-state index in [-0.39, 0.29) is 22.0 Å². The van der Waals surface area contributed by atoms with Crippen molar-refractivity contribution in [2.45, 2.75) is 0 Å². The van der Waals surface area contributed by atoms with E-state index in [0.717, 1.165) is 4.57 Å². The van der Waals surface area contributed by atoms with Crippen LogP contribution in [-0.4, -0.2) is 27.5 Å². The summed E-state index contributed by atoms with van der Waals surface area (Å²) in [6, 6.07) is 20.4. The number of benzene rings is 3. The van der Waals surface area contributed by atoms with Crippen LogP contribution in [0.5, 0.6) is 5.88 Å². The first-order valence-electron chi connectivity index (χ1n) is 9.26. The highest BCUT2D eigenvalue weighted by molar-refractivity contribution is 6.32. The standard InChI is InChI=1S/C23H16ClN3O4/c24-15-11-12-18-17(13-15)19(21(29)25-16-9-5-2-6-10-16)22(30)27(18)23(31)26-20(28)14-7-3-1-4-8-14/h1-13,30H,(H,25,29)(H,26,28,31). The van der Waals surface area contributed by atoms with Crippen molar-refractivity contribution >= 4 is 46.0 Å². The highest BCUT2D eigenvalue weighted by Gasteiger charge is 2.27. The van der Waals surface area contributed by atoms with Gasteiger partial charge in [0, 0.05) is 21.7 Å². The molecule has 0 aliphatic rings. The molecule has 0 saturated heterocycles. The van der Waals surface area contributed by atoms with Crippen molar-refractivity contribution in [2.75, 3.05) is 5.32 Å². The number of para-hydroxylation sites is 1. The first-order chi connectivity index (χ1) is 15.0. The number of anilines is 1. The van der Waals surface area contributed by atoms with Crippen molar-refractivity contribution in [1.29, 1.82) is 0 Å². The Morgan fingerprint density at radius 2 is 1.48 bits per heavy atom. The summed E-state index contributed by atoms with van der Waals surface area (Å²) < 4.78 is 0.867. The van der Waals surface area contributed by atoms with Gasteiger partial charge in [0.1, 0.15) is 5.56 Å². The molecule has 8 heteroatoms. The number of aromatic hydroxyl groups is 1. The maximum Gasteiger partial charge on any atom is 0.335 e. The van der Waals surface area contributed by atoms with Gasteiger partial charge in [-0.05, 0) is 42.5 Å². The average Bonchev–Trinajstić information content (AvgIpc) is 3.06. The van der Waals surface area contributed by atoms with E-state index in [1.54, 1.807) is 60.7 Å². The van der Waals surface area contributed by atoms with Gasteiger partial charge in [-0.1, -0.05) is 48.0 Å². The second-order valence-corrected chi connectivity index (χ2v) is 7.08. The molecule has 0 radical (unpaired) electrons. The van der Waals surface area contributed by atoms with Gasteiger partial charge in [-0.25, -0.2) is 9.36 Å². The molecule has 3 amide bonds. The van der Waals surface area contributed by atoms with E-state index < -0.39 is 23.7 Å². The van der Waals surface area contributed by atoms with Crippen LogP contribution in [-0.2, 0) is 0 Å².